The van der Waals surface area contributed by atoms with Gasteiger partial charge in [-0.1, -0.05) is 17.2 Å². The zero-order valence-electron chi connectivity index (χ0n) is 14.7. The molecule has 0 aliphatic carbocycles. The number of hydrogen-bond acceptors (Lipinski definition) is 7. The van der Waals surface area contributed by atoms with E-state index in [4.69, 9.17) is 9.15 Å². The van der Waals surface area contributed by atoms with Gasteiger partial charge in [-0.2, -0.15) is 0 Å². The number of ether oxygens (including phenoxy) is 1. The van der Waals surface area contributed by atoms with Crippen LogP contribution < -0.4 is 10.1 Å². The summed E-state index contributed by atoms with van der Waals surface area (Å²) in [7, 11) is -1.71. The van der Waals surface area contributed by atoms with Crippen LogP contribution in [0.1, 0.15) is 5.56 Å². The summed E-state index contributed by atoms with van der Waals surface area (Å²) in [5.74, 6) is 0.584. The highest BCUT2D eigenvalue weighted by Crippen LogP contribution is 2.22. The fourth-order valence-electron chi connectivity index (χ4n) is 2.33. The summed E-state index contributed by atoms with van der Waals surface area (Å²) >= 11 is 0. The average Bonchev–Trinajstić information content (AvgIpc) is 3.10. The largest absolute Gasteiger partial charge is 0.497 e. The highest BCUT2D eigenvalue weighted by Gasteiger charge is 2.13. The van der Waals surface area contributed by atoms with Crippen molar-refractivity contribution in [3.05, 3.63) is 54.1 Å². The standard InChI is InChI=1S/C18H17N3O5S/c1-25-14-7-3-12(4-8-14)11-16(22)19-18-21-20-17(26-18)13-5-9-15(10-6-13)27(2,23)24/h3-10H,11H2,1-2H3,(H,19,21,22). The maximum Gasteiger partial charge on any atom is 0.322 e. The number of aromatic nitrogens is 2. The number of nitrogens with zero attached hydrogens (tertiary/aromatic N) is 2. The Morgan fingerprint density at radius 1 is 1.07 bits per heavy atom. The van der Waals surface area contributed by atoms with Crippen molar-refractivity contribution in [2.75, 3.05) is 18.7 Å². The van der Waals surface area contributed by atoms with Gasteiger partial charge in [-0.25, -0.2) is 8.42 Å². The smallest absolute Gasteiger partial charge is 0.322 e. The molecule has 27 heavy (non-hydrogen) atoms. The fourth-order valence-corrected chi connectivity index (χ4v) is 2.96. The number of rotatable bonds is 6. The first-order valence-corrected chi connectivity index (χ1v) is 9.81. The quantitative estimate of drug-likeness (QED) is 0.691. The van der Waals surface area contributed by atoms with E-state index in [9.17, 15) is 13.2 Å². The Morgan fingerprint density at radius 2 is 1.74 bits per heavy atom. The van der Waals surface area contributed by atoms with Crippen LogP contribution in [-0.2, 0) is 21.1 Å². The van der Waals surface area contributed by atoms with Crippen molar-refractivity contribution < 1.29 is 22.4 Å². The molecule has 0 unspecified atom stereocenters. The maximum atomic E-state index is 12.1. The van der Waals surface area contributed by atoms with Gasteiger partial charge >= 0.3 is 6.01 Å². The molecule has 0 spiro atoms. The number of nitrogens with one attached hydrogen (secondary N) is 1. The summed E-state index contributed by atoms with van der Waals surface area (Å²) in [5, 5.41) is 10.2. The number of benzene rings is 2. The van der Waals surface area contributed by atoms with Gasteiger partial charge in [-0.15, -0.1) is 5.10 Å². The van der Waals surface area contributed by atoms with E-state index >= 15 is 0 Å². The molecular weight excluding hydrogens is 370 g/mol. The molecule has 0 aliphatic heterocycles. The lowest BCUT2D eigenvalue weighted by molar-refractivity contribution is -0.115. The number of carbonyl (C=O) groups is 1. The summed E-state index contributed by atoms with van der Waals surface area (Å²) in [6, 6.07) is 13.1. The van der Waals surface area contributed by atoms with E-state index in [1.54, 1.807) is 43.5 Å². The van der Waals surface area contributed by atoms with Crippen LogP contribution in [0, 0.1) is 0 Å². The molecule has 0 fully saturated rings. The Bertz CT molecular complexity index is 1040. The van der Waals surface area contributed by atoms with Gasteiger partial charge in [-0.05, 0) is 42.0 Å². The van der Waals surface area contributed by atoms with Gasteiger partial charge in [0, 0.05) is 11.8 Å². The van der Waals surface area contributed by atoms with Gasteiger partial charge in [0.15, 0.2) is 9.84 Å². The number of methoxy groups -OCH3 is 1. The van der Waals surface area contributed by atoms with Crippen molar-refractivity contribution in [3.8, 4) is 17.2 Å². The molecule has 3 rings (SSSR count). The first-order chi connectivity index (χ1) is 12.8. The molecule has 1 amide bonds. The molecule has 0 saturated heterocycles. The third-order valence-corrected chi connectivity index (χ3v) is 4.85. The Kier molecular flexibility index (Phi) is 5.22. The summed E-state index contributed by atoms with van der Waals surface area (Å²) in [6.45, 7) is 0. The van der Waals surface area contributed by atoms with Crippen molar-refractivity contribution in [3.63, 3.8) is 0 Å². The van der Waals surface area contributed by atoms with Crippen molar-refractivity contribution in [1.82, 2.24) is 10.2 Å². The van der Waals surface area contributed by atoms with E-state index in [1.807, 2.05) is 0 Å². The molecule has 140 valence electrons. The Balaban J connectivity index is 1.65. The van der Waals surface area contributed by atoms with Crippen molar-refractivity contribution in [2.45, 2.75) is 11.3 Å². The summed E-state index contributed by atoms with van der Waals surface area (Å²) < 4.78 is 33.5. The van der Waals surface area contributed by atoms with Gasteiger partial charge in [0.05, 0.1) is 18.4 Å². The number of carbonyl (C=O) groups excluding carboxylic acids is 1. The highest BCUT2D eigenvalue weighted by molar-refractivity contribution is 7.90. The lowest BCUT2D eigenvalue weighted by Gasteiger charge is -2.03. The third-order valence-electron chi connectivity index (χ3n) is 3.72. The summed E-state index contributed by atoms with van der Waals surface area (Å²) in [6.07, 6.45) is 1.27. The predicted molar refractivity (Wildman–Crippen MR) is 98.2 cm³/mol. The van der Waals surface area contributed by atoms with Crippen molar-refractivity contribution in [2.24, 2.45) is 0 Å². The maximum absolute atomic E-state index is 12.1. The van der Waals surface area contributed by atoms with E-state index in [0.29, 0.717) is 11.3 Å². The van der Waals surface area contributed by atoms with E-state index in [2.05, 4.69) is 15.5 Å². The van der Waals surface area contributed by atoms with Gasteiger partial charge in [0.2, 0.25) is 11.8 Å². The first kappa shape index (κ1) is 18.6. The second-order valence-electron chi connectivity index (χ2n) is 5.78. The normalized spacial score (nSPS) is 11.2. The van der Waals surface area contributed by atoms with Crippen LogP contribution in [0.4, 0.5) is 6.01 Å². The monoisotopic (exact) mass is 387 g/mol. The molecule has 0 radical (unpaired) electrons. The van der Waals surface area contributed by atoms with E-state index in [1.165, 1.54) is 12.1 Å². The minimum atomic E-state index is -3.28. The number of amides is 1. The number of sulfone groups is 1. The van der Waals surface area contributed by atoms with Crippen molar-refractivity contribution >= 4 is 21.8 Å². The van der Waals surface area contributed by atoms with E-state index in [-0.39, 0.29) is 29.1 Å². The molecule has 2 aromatic carbocycles. The van der Waals surface area contributed by atoms with Crippen molar-refractivity contribution in [1.29, 1.82) is 0 Å². The number of hydrogen-bond donors (Lipinski definition) is 1. The van der Waals surface area contributed by atoms with Crippen LogP contribution in [-0.4, -0.2) is 37.9 Å². The zero-order chi connectivity index (χ0) is 19.4. The number of anilines is 1. The SMILES string of the molecule is COc1ccc(CC(=O)Nc2nnc(-c3ccc(S(C)(=O)=O)cc3)o2)cc1. The third kappa shape index (κ3) is 4.70. The average molecular weight is 387 g/mol. The fraction of sp³-hybridized carbons (Fsp3) is 0.167. The van der Waals surface area contributed by atoms with Crippen LogP contribution in [0.3, 0.4) is 0 Å². The van der Waals surface area contributed by atoms with Crippen LogP contribution in [0.2, 0.25) is 0 Å². The molecule has 1 N–H and O–H groups in total. The topological polar surface area (TPSA) is 111 Å². The van der Waals surface area contributed by atoms with E-state index in [0.717, 1.165) is 11.8 Å². The van der Waals surface area contributed by atoms with Gasteiger partial charge in [0.25, 0.3) is 0 Å². The zero-order valence-corrected chi connectivity index (χ0v) is 15.5. The molecular formula is C18H17N3O5S. The Labute approximate surface area is 156 Å². The minimum absolute atomic E-state index is 0.0318. The highest BCUT2D eigenvalue weighted by atomic mass is 32.2. The predicted octanol–water partition coefficient (Wildman–Crippen LogP) is 2.33. The second kappa shape index (κ2) is 7.58. The molecule has 0 atom stereocenters. The molecule has 0 saturated carbocycles. The molecule has 3 aromatic rings. The lowest BCUT2D eigenvalue weighted by atomic mass is 10.1. The van der Waals surface area contributed by atoms with Gasteiger partial charge in [-0.3, -0.25) is 10.1 Å². The lowest BCUT2D eigenvalue weighted by Crippen LogP contribution is -2.14. The molecule has 1 heterocycles. The van der Waals surface area contributed by atoms with Crippen LogP contribution in [0.25, 0.3) is 11.5 Å². The molecule has 0 bridgehead atoms. The van der Waals surface area contributed by atoms with E-state index < -0.39 is 9.84 Å². The first-order valence-electron chi connectivity index (χ1n) is 7.92. The van der Waals surface area contributed by atoms with Gasteiger partial charge in [0.1, 0.15) is 5.75 Å². The second-order valence-corrected chi connectivity index (χ2v) is 7.80. The Hall–Kier alpha value is -3.20. The minimum Gasteiger partial charge on any atom is -0.497 e. The van der Waals surface area contributed by atoms with Gasteiger partial charge < -0.3 is 9.15 Å². The molecule has 1 aromatic heterocycles. The summed E-state index contributed by atoms with van der Waals surface area (Å²) in [5.41, 5.74) is 1.36. The Morgan fingerprint density at radius 3 is 2.33 bits per heavy atom. The molecule has 8 nitrogen and oxygen atoms in total. The van der Waals surface area contributed by atoms with Crippen LogP contribution in [0.15, 0.2) is 57.8 Å². The van der Waals surface area contributed by atoms with Crippen LogP contribution >= 0.6 is 0 Å². The van der Waals surface area contributed by atoms with Crippen LogP contribution in [0.5, 0.6) is 5.75 Å². The summed E-state index contributed by atoms with van der Waals surface area (Å²) in [4.78, 5) is 12.3. The molecule has 0 aliphatic rings. The molecule has 9 heteroatoms.